The van der Waals surface area contributed by atoms with Gasteiger partial charge >= 0.3 is 0 Å². The van der Waals surface area contributed by atoms with Gasteiger partial charge in [-0.15, -0.1) is 0 Å². The largest absolute Gasteiger partial charge is 0.457 e. The molecule has 4 nitrogen and oxygen atoms in total. The minimum Gasteiger partial charge on any atom is -0.457 e. The Morgan fingerprint density at radius 1 is 1.05 bits per heavy atom. The van der Waals surface area contributed by atoms with Crippen molar-refractivity contribution in [3.63, 3.8) is 0 Å². The lowest BCUT2D eigenvalue weighted by molar-refractivity contribution is 0.294. The summed E-state index contributed by atoms with van der Waals surface area (Å²) in [6.07, 6.45) is 1.68. The highest BCUT2D eigenvalue weighted by Gasteiger charge is 1.97. The molecule has 2 aromatic rings. The van der Waals surface area contributed by atoms with E-state index in [0.717, 1.165) is 17.1 Å². The number of nitrogens with zero attached hydrogens (tertiary/aromatic N) is 1. The number of hydrogen-bond donors (Lipinski definition) is 2. The van der Waals surface area contributed by atoms with Crippen LogP contribution in [0.15, 0.2) is 53.6 Å². The SMILES string of the molecule is OCCNN=Cc1ccc(Oc2ccc(Cl)cc2)cc1. The van der Waals surface area contributed by atoms with Gasteiger partial charge < -0.3 is 15.3 Å². The number of rotatable bonds is 6. The third kappa shape index (κ3) is 4.57. The molecule has 0 atom stereocenters. The number of halogens is 1. The van der Waals surface area contributed by atoms with Crippen molar-refractivity contribution in [3.8, 4) is 11.5 Å². The Morgan fingerprint density at radius 2 is 1.65 bits per heavy atom. The van der Waals surface area contributed by atoms with Crippen molar-refractivity contribution in [2.24, 2.45) is 5.10 Å². The van der Waals surface area contributed by atoms with Crippen LogP contribution in [0.5, 0.6) is 11.5 Å². The van der Waals surface area contributed by atoms with E-state index in [2.05, 4.69) is 10.5 Å². The summed E-state index contributed by atoms with van der Waals surface area (Å²) in [5.41, 5.74) is 3.66. The fourth-order valence-corrected chi connectivity index (χ4v) is 1.62. The Labute approximate surface area is 122 Å². The fraction of sp³-hybridized carbons (Fsp3) is 0.133. The molecule has 0 aromatic heterocycles. The van der Waals surface area contributed by atoms with Gasteiger partial charge in [0.2, 0.25) is 0 Å². The zero-order chi connectivity index (χ0) is 14.2. The van der Waals surface area contributed by atoms with Crippen LogP contribution in [0, 0.1) is 0 Å². The summed E-state index contributed by atoms with van der Waals surface area (Å²) in [7, 11) is 0. The zero-order valence-electron chi connectivity index (χ0n) is 10.8. The van der Waals surface area contributed by atoms with Crippen LogP contribution in [-0.4, -0.2) is 24.5 Å². The van der Waals surface area contributed by atoms with E-state index >= 15 is 0 Å². The number of benzene rings is 2. The van der Waals surface area contributed by atoms with Crippen molar-refractivity contribution >= 4 is 17.8 Å². The van der Waals surface area contributed by atoms with Crippen molar-refractivity contribution in [2.75, 3.05) is 13.2 Å². The third-order valence-corrected chi connectivity index (χ3v) is 2.71. The highest BCUT2D eigenvalue weighted by atomic mass is 35.5. The monoisotopic (exact) mass is 290 g/mol. The van der Waals surface area contributed by atoms with Crippen LogP contribution in [0.4, 0.5) is 0 Å². The summed E-state index contributed by atoms with van der Waals surface area (Å²) in [5.74, 6) is 1.48. The maximum absolute atomic E-state index is 8.60. The van der Waals surface area contributed by atoms with Crippen LogP contribution in [0.2, 0.25) is 5.02 Å². The quantitative estimate of drug-likeness (QED) is 0.488. The van der Waals surface area contributed by atoms with Gasteiger partial charge in [-0.1, -0.05) is 11.6 Å². The van der Waals surface area contributed by atoms with Gasteiger partial charge in [0, 0.05) is 5.02 Å². The molecule has 0 bridgehead atoms. The molecule has 2 N–H and O–H groups in total. The van der Waals surface area contributed by atoms with Crippen LogP contribution in [0.25, 0.3) is 0 Å². The van der Waals surface area contributed by atoms with Gasteiger partial charge in [0.15, 0.2) is 0 Å². The van der Waals surface area contributed by atoms with E-state index in [4.69, 9.17) is 21.4 Å². The zero-order valence-corrected chi connectivity index (χ0v) is 11.5. The number of nitrogens with one attached hydrogen (secondary N) is 1. The second-order valence-corrected chi connectivity index (χ2v) is 4.45. The van der Waals surface area contributed by atoms with Crippen LogP contribution in [0.3, 0.4) is 0 Å². The summed E-state index contributed by atoms with van der Waals surface area (Å²) in [6, 6.07) is 14.7. The summed E-state index contributed by atoms with van der Waals surface area (Å²) < 4.78 is 5.68. The molecule has 0 aliphatic carbocycles. The summed E-state index contributed by atoms with van der Waals surface area (Å²) in [4.78, 5) is 0. The van der Waals surface area contributed by atoms with Crippen LogP contribution in [0.1, 0.15) is 5.56 Å². The molecule has 0 aliphatic heterocycles. The molecule has 2 rings (SSSR count). The molecule has 0 radical (unpaired) electrons. The average molecular weight is 291 g/mol. The molecule has 0 heterocycles. The number of hydrazone groups is 1. The molecule has 0 unspecified atom stereocenters. The maximum atomic E-state index is 8.60. The number of aliphatic hydroxyl groups is 1. The van der Waals surface area contributed by atoms with Crippen molar-refractivity contribution in [3.05, 3.63) is 59.1 Å². The minimum atomic E-state index is 0.0607. The Balaban J connectivity index is 1.94. The molecular weight excluding hydrogens is 276 g/mol. The normalized spacial score (nSPS) is 10.7. The first-order valence-electron chi connectivity index (χ1n) is 6.18. The van der Waals surface area contributed by atoms with Crippen LogP contribution in [-0.2, 0) is 0 Å². The van der Waals surface area contributed by atoms with Gasteiger partial charge in [-0.3, -0.25) is 0 Å². The van der Waals surface area contributed by atoms with Gasteiger partial charge in [0.25, 0.3) is 0 Å². The Kier molecular flexibility index (Phi) is 5.41. The van der Waals surface area contributed by atoms with Crippen molar-refractivity contribution in [1.29, 1.82) is 0 Å². The second-order valence-electron chi connectivity index (χ2n) is 4.01. The van der Waals surface area contributed by atoms with E-state index in [1.807, 2.05) is 36.4 Å². The van der Waals surface area contributed by atoms with Gasteiger partial charge in [0.1, 0.15) is 11.5 Å². The van der Waals surface area contributed by atoms with Gasteiger partial charge in [-0.05, 0) is 54.1 Å². The van der Waals surface area contributed by atoms with Crippen LogP contribution >= 0.6 is 11.6 Å². The lowest BCUT2D eigenvalue weighted by atomic mass is 10.2. The predicted molar refractivity (Wildman–Crippen MR) is 80.7 cm³/mol. The molecule has 0 fully saturated rings. The van der Waals surface area contributed by atoms with E-state index in [1.54, 1.807) is 18.3 Å². The molecule has 0 spiro atoms. The minimum absolute atomic E-state index is 0.0607. The summed E-state index contributed by atoms with van der Waals surface area (Å²) >= 11 is 5.81. The van der Waals surface area contributed by atoms with Crippen molar-refractivity contribution in [1.82, 2.24) is 5.43 Å². The highest BCUT2D eigenvalue weighted by Crippen LogP contribution is 2.22. The highest BCUT2D eigenvalue weighted by molar-refractivity contribution is 6.30. The topological polar surface area (TPSA) is 53.8 Å². The molecule has 104 valence electrons. The number of ether oxygens (including phenoxy) is 1. The molecular formula is C15H15ClN2O2. The Hall–Kier alpha value is -2.04. The van der Waals surface area contributed by atoms with Gasteiger partial charge in [-0.25, -0.2) is 0 Å². The molecule has 2 aromatic carbocycles. The standard InChI is InChI=1S/C15H15ClN2O2/c16-13-3-7-15(8-4-13)20-14-5-1-12(2-6-14)11-18-17-9-10-19/h1-8,11,17,19H,9-10H2. The first-order valence-corrected chi connectivity index (χ1v) is 6.56. The third-order valence-electron chi connectivity index (χ3n) is 2.46. The van der Waals surface area contributed by atoms with E-state index in [-0.39, 0.29) is 6.61 Å². The smallest absolute Gasteiger partial charge is 0.127 e. The molecule has 20 heavy (non-hydrogen) atoms. The lowest BCUT2D eigenvalue weighted by Crippen LogP contribution is -2.11. The average Bonchev–Trinajstić information content (AvgIpc) is 2.48. The van der Waals surface area contributed by atoms with E-state index in [0.29, 0.717) is 11.6 Å². The molecule has 5 heteroatoms. The van der Waals surface area contributed by atoms with Crippen molar-refractivity contribution < 1.29 is 9.84 Å². The summed E-state index contributed by atoms with van der Waals surface area (Å²) in [6.45, 7) is 0.499. The molecule has 0 amide bonds. The lowest BCUT2D eigenvalue weighted by Gasteiger charge is -2.05. The van der Waals surface area contributed by atoms with E-state index < -0.39 is 0 Å². The number of aliphatic hydroxyl groups excluding tert-OH is 1. The van der Waals surface area contributed by atoms with Gasteiger partial charge in [-0.2, -0.15) is 5.10 Å². The number of hydrogen-bond acceptors (Lipinski definition) is 4. The van der Waals surface area contributed by atoms with Gasteiger partial charge in [0.05, 0.1) is 19.4 Å². The Morgan fingerprint density at radius 3 is 2.25 bits per heavy atom. The first-order chi connectivity index (χ1) is 9.78. The van der Waals surface area contributed by atoms with E-state index in [9.17, 15) is 0 Å². The first kappa shape index (κ1) is 14.4. The Bertz CT molecular complexity index is 553. The fourth-order valence-electron chi connectivity index (χ4n) is 1.50. The second kappa shape index (κ2) is 7.53. The summed E-state index contributed by atoms with van der Waals surface area (Å²) in [5, 5.41) is 13.2. The molecule has 0 saturated carbocycles. The molecule has 0 aliphatic rings. The van der Waals surface area contributed by atoms with E-state index in [1.165, 1.54) is 0 Å². The van der Waals surface area contributed by atoms with Crippen molar-refractivity contribution in [2.45, 2.75) is 0 Å². The molecule has 0 saturated heterocycles. The maximum Gasteiger partial charge on any atom is 0.127 e. The predicted octanol–water partition coefficient (Wildman–Crippen LogP) is 3.05. The van der Waals surface area contributed by atoms with Crippen LogP contribution < -0.4 is 10.2 Å².